The van der Waals surface area contributed by atoms with Crippen LogP contribution in [0.3, 0.4) is 0 Å². The third-order valence-electron chi connectivity index (χ3n) is 13.6. The summed E-state index contributed by atoms with van der Waals surface area (Å²) in [7, 11) is 0. The second-order valence-corrected chi connectivity index (χ2v) is 20.4. The molecule has 7 N–H and O–H groups in total. The minimum atomic E-state index is -1.72. The van der Waals surface area contributed by atoms with Crippen molar-refractivity contribution in [1.29, 1.82) is 0 Å². The van der Waals surface area contributed by atoms with Crippen molar-refractivity contribution in [1.82, 2.24) is 0 Å². The van der Waals surface area contributed by atoms with Crippen LogP contribution in [0.4, 0.5) is 0 Å². The van der Waals surface area contributed by atoms with E-state index < -0.39 is 86.7 Å². The second-order valence-electron chi connectivity index (χ2n) is 20.4. The van der Waals surface area contributed by atoms with E-state index in [9.17, 15) is 40.5 Å². The minimum Gasteiger partial charge on any atom is -0.457 e. The number of hydrogen-bond acceptors (Lipinski definition) is 14. The van der Waals surface area contributed by atoms with Crippen molar-refractivity contribution in [2.75, 3.05) is 33.0 Å². The molecule has 11 unspecified atom stereocenters. The number of aliphatic hydroxyl groups excluding tert-OH is 7. The SMILES string of the molecule is CC/C=C\C/C=C\C/C=C\C/C=C\C/C=C\C/C=C\C/C=C\CCCCCC(=O)OC(COCCCCCCCCCC/C=C\CCCCCCCC)COC1OC(COC2OC(CO)C(O)C(O)C2O)C(O)C(O)C1O. The quantitative estimate of drug-likeness (QED) is 0.0172. The monoisotopic (exact) mass is 1090 g/mol. The van der Waals surface area contributed by atoms with Crippen LogP contribution in [0.15, 0.2) is 97.2 Å². The summed E-state index contributed by atoms with van der Waals surface area (Å²) >= 11 is 0. The second kappa shape index (κ2) is 48.8. The number of ether oxygens (including phenoxy) is 6. The zero-order valence-electron chi connectivity index (χ0n) is 47.4. The molecule has 0 bridgehead atoms. The van der Waals surface area contributed by atoms with Crippen LogP contribution in [-0.2, 0) is 33.2 Å². The molecule has 2 saturated heterocycles. The summed E-state index contributed by atoms with van der Waals surface area (Å²) in [5.74, 6) is -0.411. The van der Waals surface area contributed by atoms with Crippen LogP contribution in [0.5, 0.6) is 0 Å². The van der Waals surface area contributed by atoms with Crippen LogP contribution in [0.2, 0.25) is 0 Å². The molecule has 0 amide bonds. The van der Waals surface area contributed by atoms with Crippen molar-refractivity contribution in [3.8, 4) is 0 Å². The number of carbonyl (C=O) groups is 1. The minimum absolute atomic E-state index is 0.0400. The van der Waals surface area contributed by atoms with Crippen LogP contribution in [-0.4, -0.2) is 142 Å². The Morgan fingerprint density at radius 2 is 0.844 bits per heavy atom. The molecule has 77 heavy (non-hydrogen) atoms. The van der Waals surface area contributed by atoms with Crippen LogP contribution in [0.25, 0.3) is 0 Å². The molecule has 0 spiro atoms. The molecule has 2 aliphatic heterocycles. The molecule has 0 aromatic carbocycles. The molecule has 0 radical (unpaired) electrons. The van der Waals surface area contributed by atoms with Crippen molar-refractivity contribution in [3.05, 3.63) is 97.2 Å². The number of allylic oxidation sites excluding steroid dienone is 16. The van der Waals surface area contributed by atoms with Gasteiger partial charge in [-0.05, 0) is 96.3 Å². The van der Waals surface area contributed by atoms with E-state index in [2.05, 4.69) is 111 Å². The first-order valence-corrected chi connectivity index (χ1v) is 29.8. The molecule has 2 aliphatic rings. The fourth-order valence-electron chi connectivity index (χ4n) is 8.79. The largest absolute Gasteiger partial charge is 0.457 e. The Kier molecular flexibility index (Phi) is 44.4. The highest BCUT2D eigenvalue weighted by molar-refractivity contribution is 5.69. The number of esters is 1. The summed E-state index contributed by atoms with van der Waals surface area (Å²) in [6, 6.07) is 0. The van der Waals surface area contributed by atoms with Gasteiger partial charge in [0.15, 0.2) is 12.6 Å². The van der Waals surface area contributed by atoms with Crippen molar-refractivity contribution >= 4 is 5.97 Å². The van der Waals surface area contributed by atoms with Crippen molar-refractivity contribution in [2.45, 2.75) is 261 Å². The number of aliphatic hydroxyl groups is 7. The first-order chi connectivity index (χ1) is 37.6. The van der Waals surface area contributed by atoms with Crippen molar-refractivity contribution < 1.29 is 69.0 Å². The van der Waals surface area contributed by atoms with E-state index in [1.165, 1.54) is 83.5 Å². The molecule has 0 aromatic heterocycles. The molecular formula is C63H106O14. The van der Waals surface area contributed by atoms with Crippen LogP contribution in [0.1, 0.15) is 194 Å². The van der Waals surface area contributed by atoms with Gasteiger partial charge >= 0.3 is 5.97 Å². The third-order valence-corrected chi connectivity index (χ3v) is 13.6. The fourth-order valence-corrected chi connectivity index (χ4v) is 8.79. The summed E-state index contributed by atoms with van der Waals surface area (Å²) in [6.45, 7) is 3.51. The van der Waals surface area contributed by atoms with E-state index >= 15 is 0 Å². The highest BCUT2D eigenvalue weighted by Crippen LogP contribution is 2.26. The molecule has 0 saturated carbocycles. The average molecular weight is 1090 g/mol. The van der Waals surface area contributed by atoms with E-state index in [1.807, 2.05) is 0 Å². The van der Waals surface area contributed by atoms with Crippen LogP contribution >= 0.6 is 0 Å². The summed E-state index contributed by atoms with van der Waals surface area (Å²) < 4.78 is 34.4. The standard InChI is InChI=1S/C63H106O14/c1-3-5-7-9-11-13-15-17-19-21-23-24-25-26-27-28-29-30-32-34-36-38-40-42-44-46-55(65)75-52(49-72-47-45-43-41-39-37-35-33-31-22-20-18-16-14-12-10-8-6-4-2)50-73-62-61(71)59(69)57(67)54(77-62)51-74-63-60(70)58(68)56(66)53(48-64)76-63/h5,7,11,13,17-20,23-24,26-27,29-30,34,36,52-54,56-64,66-71H,3-4,6,8-10,12,14-16,21-22,25,28,31-33,35,37-51H2,1-2H3/b7-5-,13-11-,19-17-,20-18-,24-23-,27-26-,30-29-,36-34-. The summed E-state index contributed by atoms with van der Waals surface area (Å²) in [5, 5.41) is 72.4. The van der Waals surface area contributed by atoms with E-state index in [0.29, 0.717) is 13.0 Å². The predicted molar refractivity (Wildman–Crippen MR) is 307 cm³/mol. The van der Waals surface area contributed by atoms with Gasteiger partial charge in [-0.3, -0.25) is 4.79 Å². The smallest absolute Gasteiger partial charge is 0.306 e. The molecule has 0 aliphatic carbocycles. The van der Waals surface area contributed by atoms with Gasteiger partial charge in [-0.2, -0.15) is 0 Å². The Hall–Kier alpha value is -3.09. The van der Waals surface area contributed by atoms with Crippen LogP contribution in [0, 0.1) is 0 Å². The predicted octanol–water partition coefficient (Wildman–Crippen LogP) is 11.0. The molecule has 0 aromatic rings. The Bertz CT molecular complexity index is 1640. The number of hydrogen-bond donors (Lipinski definition) is 7. The lowest BCUT2D eigenvalue weighted by atomic mass is 9.98. The lowest BCUT2D eigenvalue weighted by Gasteiger charge is -2.42. The number of unbranched alkanes of at least 4 members (excludes halogenated alkanes) is 17. The number of carbonyl (C=O) groups excluding carboxylic acids is 1. The fraction of sp³-hybridized carbons (Fsp3) is 0.730. The topological polar surface area (TPSA) is 214 Å². The summed E-state index contributed by atoms with van der Waals surface area (Å²) in [4.78, 5) is 13.1. The molecule has 11 atom stereocenters. The highest BCUT2D eigenvalue weighted by Gasteiger charge is 2.47. The van der Waals surface area contributed by atoms with E-state index in [4.69, 9.17) is 28.4 Å². The van der Waals surface area contributed by atoms with Crippen molar-refractivity contribution in [3.63, 3.8) is 0 Å². The van der Waals surface area contributed by atoms with Gasteiger partial charge in [0.2, 0.25) is 0 Å². The van der Waals surface area contributed by atoms with Gasteiger partial charge < -0.3 is 64.2 Å². The zero-order chi connectivity index (χ0) is 55.8. The maximum Gasteiger partial charge on any atom is 0.306 e. The highest BCUT2D eigenvalue weighted by atomic mass is 16.7. The van der Waals surface area contributed by atoms with E-state index in [-0.39, 0.29) is 19.6 Å². The normalized spacial score (nSPS) is 25.0. The molecule has 442 valence electrons. The molecule has 14 heteroatoms. The first-order valence-electron chi connectivity index (χ1n) is 29.8. The van der Waals surface area contributed by atoms with Gasteiger partial charge in [-0.25, -0.2) is 0 Å². The zero-order valence-corrected chi connectivity index (χ0v) is 47.4. The van der Waals surface area contributed by atoms with Crippen LogP contribution < -0.4 is 0 Å². The number of rotatable bonds is 47. The Balaban J connectivity index is 1.74. The lowest BCUT2D eigenvalue weighted by molar-refractivity contribution is -0.332. The Morgan fingerprint density at radius 3 is 1.34 bits per heavy atom. The summed E-state index contributed by atoms with van der Waals surface area (Å²) in [5.41, 5.74) is 0. The van der Waals surface area contributed by atoms with Gasteiger partial charge in [0, 0.05) is 13.0 Å². The molecular weight excluding hydrogens is 981 g/mol. The van der Waals surface area contributed by atoms with Gasteiger partial charge in [-0.1, -0.05) is 188 Å². The molecule has 14 nitrogen and oxygen atoms in total. The maximum atomic E-state index is 13.1. The average Bonchev–Trinajstić information content (AvgIpc) is 3.43. The van der Waals surface area contributed by atoms with Gasteiger partial charge in [0.25, 0.3) is 0 Å². The van der Waals surface area contributed by atoms with Gasteiger partial charge in [0.05, 0.1) is 26.4 Å². The lowest BCUT2D eigenvalue weighted by Crippen LogP contribution is -2.61. The van der Waals surface area contributed by atoms with E-state index in [1.54, 1.807) is 0 Å². The summed E-state index contributed by atoms with van der Waals surface area (Å²) in [6.07, 6.45) is 48.9. The van der Waals surface area contributed by atoms with Gasteiger partial charge in [-0.15, -0.1) is 0 Å². The molecule has 2 heterocycles. The van der Waals surface area contributed by atoms with Crippen molar-refractivity contribution in [2.24, 2.45) is 0 Å². The molecule has 2 rings (SSSR count). The molecule has 2 fully saturated rings. The Labute approximate surface area is 464 Å². The third kappa shape index (κ3) is 35.3. The Morgan fingerprint density at radius 1 is 0.442 bits per heavy atom. The van der Waals surface area contributed by atoms with E-state index in [0.717, 1.165) is 83.5 Å². The maximum absolute atomic E-state index is 13.1. The first kappa shape index (κ1) is 70.0. The van der Waals surface area contributed by atoms with Gasteiger partial charge in [0.1, 0.15) is 54.9 Å².